The first kappa shape index (κ1) is 85.2. The third-order valence-corrected chi connectivity index (χ3v) is 17.5. The molecular weight excluding hydrogens is 1110 g/mol. The van der Waals surface area contributed by atoms with Crippen LogP contribution in [0.3, 0.4) is 0 Å². The zero-order valence-corrected chi connectivity index (χ0v) is 59.6. The van der Waals surface area contributed by atoms with E-state index in [0.29, 0.717) is 17.4 Å². The van der Waals surface area contributed by atoms with Crippen molar-refractivity contribution < 1.29 is 37.3 Å². The Bertz CT molecular complexity index is 1780. The van der Waals surface area contributed by atoms with E-state index in [1.165, 1.54) is 212 Å². The largest absolute Gasteiger partial charge is 0.756 e. The highest BCUT2D eigenvalue weighted by atomic mass is 31.2. The van der Waals surface area contributed by atoms with E-state index in [1.54, 1.807) is 0 Å². The number of ether oxygens (including phenoxy) is 1. The summed E-state index contributed by atoms with van der Waals surface area (Å²) in [6.07, 6.45) is 90.0. The zero-order chi connectivity index (χ0) is 64.2. The Hall–Kier alpha value is -2.81. The Labute approximate surface area is 546 Å². The number of rotatable bonds is 68. The maximum atomic E-state index is 13.6. The first-order chi connectivity index (χ1) is 42.9. The summed E-state index contributed by atoms with van der Waals surface area (Å²) in [5, 5.41) is 3.05. The quantitative estimate of drug-likeness (QED) is 0.0212. The third-order valence-electron chi connectivity index (χ3n) is 16.6. The summed E-state index contributed by atoms with van der Waals surface area (Å²) in [6, 6.07) is -0.897. The number of nitrogens with zero attached hydrogens (tertiary/aromatic N) is 1. The van der Waals surface area contributed by atoms with Crippen molar-refractivity contribution in [2.24, 2.45) is 0 Å². The topological polar surface area (TPSA) is 114 Å². The van der Waals surface area contributed by atoms with Crippen molar-refractivity contribution in [2.75, 3.05) is 40.9 Å². The standard InChI is InChI=1S/C78H143N2O7P/c1-7-10-13-16-19-22-25-28-30-32-34-36-38-39-40-41-43-44-46-48-50-52-55-58-61-64-67-70-77(81)79-75(74-86-88(83,84)85-73-72-80(4,5)6)76(69-66-63-60-57-54-27-24-21-18-15-12-9-3)87-78(82)71-68-65-62-59-56-53-51-49-47-45-42-37-35-33-31-29-26-23-20-17-14-11-8-2/h11,14,20,23,28-31,35,37,45,47,66,69,75-76H,7-10,12-13,15-19,21-22,24-27,32-34,36,38-44,46,48-65,67-68,70-74H2,1-6H3,(H-,79,81,83,84)/b14-11-,23-20-,30-28+,31-29-,37-35-,47-45-,69-66-. The van der Waals surface area contributed by atoms with Crippen molar-refractivity contribution in [1.29, 1.82) is 0 Å². The second-order valence-corrected chi connectivity index (χ2v) is 27.8. The van der Waals surface area contributed by atoms with Crippen LogP contribution in [-0.2, 0) is 27.9 Å². The van der Waals surface area contributed by atoms with Crippen LogP contribution in [0.2, 0.25) is 0 Å². The van der Waals surface area contributed by atoms with Gasteiger partial charge in [-0.25, -0.2) is 0 Å². The molecule has 0 saturated heterocycles. The van der Waals surface area contributed by atoms with E-state index in [9.17, 15) is 19.0 Å². The molecule has 0 bridgehead atoms. The lowest BCUT2D eigenvalue weighted by molar-refractivity contribution is -0.870. The SMILES string of the molecule is CC/C=C\C/C=C\C/C=C\C/C=C\C/C=C\CCCCCCCCCC(=O)OC(/C=C\CCCCCCCCCCCC)C(COP(=O)([O-])OCC[N+](C)(C)C)NC(=O)CCCCCCCCCCCCCCCCCCC/C=C/CCCCCCCC. The number of quaternary nitrogens is 1. The molecule has 3 unspecified atom stereocenters. The number of unbranched alkanes of at least 4 members (excludes halogenated alkanes) is 40. The lowest BCUT2D eigenvalue weighted by atomic mass is 10.0. The van der Waals surface area contributed by atoms with Gasteiger partial charge in [-0.2, -0.15) is 0 Å². The van der Waals surface area contributed by atoms with Gasteiger partial charge in [0.2, 0.25) is 5.91 Å². The molecule has 0 rings (SSSR count). The molecule has 0 saturated carbocycles. The number of amides is 1. The molecule has 0 radical (unpaired) electrons. The second kappa shape index (κ2) is 67.1. The van der Waals surface area contributed by atoms with E-state index in [0.717, 1.165) is 103 Å². The highest BCUT2D eigenvalue weighted by Gasteiger charge is 2.27. The lowest BCUT2D eigenvalue weighted by Gasteiger charge is -2.30. The minimum atomic E-state index is -4.71. The number of nitrogens with one attached hydrogen (secondary N) is 1. The molecule has 3 atom stereocenters. The van der Waals surface area contributed by atoms with Crippen LogP contribution < -0.4 is 10.2 Å². The first-order valence-electron chi connectivity index (χ1n) is 37.4. The van der Waals surface area contributed by atoms with Gasteiger partial charge in [-0.05, 0) is 102 Å². The average molecular weight is 1250 g/mol. The summed E-state index contributed by atoms with van der Waals surface area (Å²) in [7, 11) is 1.18. The first-order valence-corrected chi connectivity index (χ1v) is 38.9. The van der Waals surface area contributed by atoms with Gasteiger partial charge in [-0.3, -0.25) is 14.2 Å². The summed E-state index contributed by atoms with van der Waals surface area (Å²) >= 11 is 0. The van der Waals surface area contributed by atoms with Crippen LogP contribution in [0.5, 0.6) is 0 Å². The normalized spacial score (nSPS) is 13.9. The van der Waals surface area contributed by atoms with Gasteiger partial charge in [-0.15, -0.1) is 0 Å². The molecule has 1 amide bonds. The Morgan fingerprint density at radius 2 is 0.727 bits per heavy atom. The van der Waals surface area contributed by atoms with Gasteiger partial charge in [0.25, 0.3) is 7.82 Å². The molecule has 9 nitrogen and oxygen atoms in total. The number of allylic oxidation sites excluding steroid dienone is 13. The molecule has 0 aliphatic rings. The van der Waals surface area contributed by atoms with Crippen LogP contribution in [-0.4, -0.2) is 69.4 Å². The number of hydrogen-bond donors (Lipinski definition) is 1. The average Bonchev–Trinajstić information content (AvgIpc) is 3.71. The van der Waals surface area contributed by atoms with Gasteiger partial charge in [0.05, 0.1) is 33.8 Å². The van der Waals surface area contributed by atoms with Crippen molar-refractivity contribution in [2.45, 2.75) is 360 Å². The van der Waals surface area contributed by atoms with E-state index in [-0.39, 0.29) is 24.9 Å². The Kier molecular flexibility index (Phi) is 64.9. The number of likely N-dealkylation sites (N-methyl/N-ethyl adjacent to an activating group) is 1. The van der Waals surface area contributed by atoms with E-state index >= 15 is 0 Å². The fourth-order valence-corrected chi connectivity index (χ4v) is 11.6. The molecular formula is C78H143N2O7P. The summed E-state index contributed by atoms with van der Waals surface area (Å²) < 4.78 is 30.5. The monoisotopic (exact) mass is 1250 g/mol. The molecule has 0 fully saturated rings. The smallest absolute Gasteiger partial charge is 0.306 e. The molecule has 0 spiro atoms. The lowest BCUT2D eigenvalue weighted by Crippen LogP contribution is -2.47. The van der Waals surface area contributed by atoms with E-state index in [2.05, 4.69) is 99.0 Å². The van der Waals surface area contributed by atoms with E-state index in [4.69, 9.17) is 13.8 Å². The number of hydrogen-bond acceptors (Lipinski definition) is 7. The fourth-order valence-electron chi connectivity index (χ4n) is 10.8. The molecule has 88 heavy (non-hydrogen) atoms. The third kappa shape index (κ3) is 67.6. The summed E-state index contributed by atoms with van der Waals surface area (Å²) in [5.41, 5.74) is 0. The molecule has 0 aliphatic heterocycles. The Balaban J connectivity index is 5.00. The molecule has 10 heteroatoms. The summed E-state index contributed by atoms with van der Waals surface area (Å²) in [5.74, 6) is -0.544. The van der Waals surface area contributed by atoms with Crippen molar-refractivity contribution >= 4 is 19.7 Å². The molecule has 1 N–H and O–H groups in total. The highest BCUT2D eigenvalue weighted by Crippen LogP contribution is 2.38. The van der Waals surface area contributed by atoms with Gasteiger partial charge >= 0.3 is 5.97 Å². The molecule has 0 aromatic heterocycles. The zero-order valence-electron chi connectivity index (χ0n) is 58.7. The van der Waals surface area contributed by atoms with Crippen LogP contribution in [0.4, 0.5) is 0 Å². The second-order valence-electron chi connectivity index (χ2n) is 26.4. The van der Waals surface area contributed by atoms with Crippen LogP contribution in [0.15, 0.2) is 85.1 Å². The number of phosphoric ester groups is 1. The predicted octanol–water partition coefficient (Wildman–Crippen LogP) is 23.4. The Morgan fingerprint density at radius 3 is 1.10 bits per heavy atom. The minimum Gasteiger partial charge on any atom is -0.756 e. The number of esters is 1. The Morgan fingerprint density at radius 1 is 0.409 bits per heavy atom. The van der Waals surface area contributed by atoms with Crippen molar-refractivity contribution in [3.8, 4) is 0 Å². The van der Waals surface area contributed by atoms with E-state index in [1.807, 2.05) is 33.3 Å². The van der Waals surface area contributed by atoms with Crippen molar-refractivity contribution in [3.05, 3.63) is 85.1 Å². The highest BCUT2D eigenvalue weighted by molar-refractivity contribution is 7.45. The number of carbonyl (C=O) groups is 2. The van der Waals surface area contributed by atoms with Crippen LogP contribution in [0.1, 0.15) is 348 Å². The van der Waals surface area contributed by atoms with Gasteiger partial charge in [0.1, 0.15) is 19.3 Å². The van der Waals surface area contributed by atoms with Crippen LogP contribution in [0.25, 0.3) is 0 Å². The molecule has 0 aliphatic carbocycles. The van der Waals surface area contributed by atoms with Gasteiger partial charge in [0.15, 0.2) is 0 Å². The number of carbonyl (C=O) groups excluding carboxylic acids is 2. The summed E-state index contributed by atoms with van der Waals surface area (Å²) in [4.78, 5) is 40.3. The van der Waals surface area contributed by atoms with Crippen LogP contribution >= 0.6 is 7.82 Å². The molecule has 0 heterocycles. The van der Waals surface area contributed by atoms with Crippen LogP contribution in [0, 0.1) is 0 Å². The van der Waals surface area contributed by atoms with Gasteiger partial charge in [-0.1, -0.05) is 318 Å². The van der Waals surface area contributed by atoms with Crippen molar-refractivity contribution in [3.63, 3.8) is 0 Å². The van der Waals surface area contributed by atoms with Gasteiger partial charge in [0, 0.05) is 12.8 Å². The minimum absolute atomic E-state index is 0.0258. The molecule has 0 aromatic rings. The molecule has 0 aromatic carbocycles. The van der Waals surface area contributed by atoms with Gasteiger partial charge < -0.3 is 28.5 Å². The predicted molar refractivity (Wildman–Crippen MR) is 381 cm³/mol. The number of phosphoric acid groups is 1. The fraction of sp³-hybridized carbons (Fsp3) is 0.795. The van der Waals surface area contributed by atoms with Crippen molar-refractivity contribution in [1.82, 2.24) is 5.32 Å². The molecule has 512 valence electrons. The maximum Gasteiger partial charge on any atom is 0.306 e. The van der Waals surface area contributed by atoms with E-state index < -0.39 is 26.6 Å². The maximum absolute atomic E-state index is 13.6. The summed E-state index contributed by atoms with van der Waals surface area (Å²) in [6.45, 7) is 6.76.